The molecule has 0 amide bonds. The highest BCUT2D eigenvalue weighted by atomic mass is 32.2. The molecule has 0 N–H and O–H groups in total. The number of fused-ring (bicyclic) bond motifs is 3. The van der Waals surface area contributed by atoms with E-state index >= 15 is 0 Å². The third kappa shape index (κ3) is 1.90. The summed E-state index contributed by atoms with van der Waals surface area (Å²) in [7, 11) is -7.34. The predicted molar refractivity (Wildman–Crippen MR) is 86.5 cm³/mol. The van der Waals surface area contributed by atoms with E-state index in [2.05, 4.69) is 0 Å². The van der Waals surface area contributed by atoms with Gasteiger partial charge in [0.25, 0.3) is 0 Å². The minimum atomic E-state index is -3.76. The van der Waals surface area contributed by atoms with Crippen LogP contribution in [0.1, 0.15) is 18.9 Å². The maximum atomic E-state index is 13.3. The topological polar surface area (TPSA) is 86.7 Å². The smallest absolute Gasteiger partial charge is 0.209 e. The van der Waals surface area contributed by atoms with E-state index in [1.165, 1.54) is 0 Å². The minimum absolute atomic E-state index is 0.0585. The van der Waals surface area contributed by atoms with Gasteiger partial charge >= 0.3 is 0 Å². The lowest BCUT2D eigenvalue weighted by Crippen LogP contribution is -2.37. The van der Waals surface area contributed by atoms with Crippen LogP contribution in [-0.4, -0.2) is 40.2 Å². The summed E-state index contributed by atoms with van der Waals surface area (Å²) in [5, 5.41) is 0. The van der Waals surface area contributed by atoms with Gasteiger partial charge in [-0.05, 0) is 32.4 Å². The Morgan fingerprint density at radius 3 is 2.29 bits per heavy atom. The van der Waals surface area contributed by atoms with E-state index in [0.717, 1.165) is 11.8 Å². The molecule has 2 fully saturated rings. The van der Waals surface area contributed by atoms with Crippen LogP contribution in [0.3, 0.4) is 0 Å². The quantitative estimate of drug-likeness (QED) is 0.802. The van der Waals surface area contributed by atoms with Crippen molar-refractivity contribution in [3.05, 3.63) is 40.5 Å². The van der Waals surface area contributed by atoms with Crippen LogP contribution < -0.4 is 0 Å². The van der Waals surface area contributed by atoms with Gasteiger partial charge in [-0.1, -0.05) is 17.7 Å². The number of ether oxygens (including phenoxy) is 2. The largest absolute Gasteiger partial charge is 0.468 e. The monoisotopic (exact) mass is 370 g/mol. The lowest BCUT2D eigenvalue weighted by Gasteiger charge is -2.22. The Labute approximate surface area is 141 Å². The summed E-state index contributed by atoms with van der Waals surface area (Å²) in [6.07, 6.45) is 0.0110. The van der Waals surface area contributed by atoms with Crippen molar-refractivity contribution >= 4 is 19.7 Å². The molecule has 4 atom stereocenters. The molecule has 1 aromatic rings. The van der Waals surface area contributed by atoms with Gasteiger partial charge in [0, 0.05) is 6.26 Å². The Bertz CT molecular complexity index is 958. The molecular weight excluding hydrogens is 352 g/mol. The van der Waals surface area contributed by atoms with Crippen molar-refractivity contribution in [2.24, 2.45) is 5.92 Å². The number of rotatable bonds is 3. The molecule has 4 rings (SSSR count). The van der Waals surface area contributed by atoms with Gasteiger partial charge in [-0.25, -0.2) is 16.8 Å². The van der Waals surface area contributed by atoms with Crippen LogP contribution in [0.4, 0.5) is 0 Å². The zero-order valence-electron chi connectivity index (χ0n) is 13.5. The molecule has 0 spiro atoms. The first-order valence-electron chi connectivity index (χ1n) is 7.63. The van der Waals surface area contributed by atoms with Crippen LogP contribution in [0.15, 0.2) is 39.8 Å². The highest BCUT2D eigenvalue weighted by Crippen LogP contribution is 2.65. The summed E-state index contributed by atoms with van der Waals surface area (Å²) in [4.78, 5) is 0.250. The Kier molecular flexibility index (Phi) is 3.10. The van der Waals surface area contributed by atoms with Gasteiger partial charge in [0.05, 0.1) is 21.8 Å². The van der Waals surface area contributed by atoms with Gasteiger partial charge < -0.3 is 9.47 Å². The number of allylic oxidation sites excluding steroid dienone is 1. The Balaban J connectivity index is 1.86. The van der Waals surface area contributed by atoms with Gasteiger partial charge in [0.15, 0.2) is 19.7 Å². The molecule has 2 aliphatic heterocycles. The van der Waals surface area contributed by atoms with E-state index in [0.29, 0.717) is 6.42 Å². The molecule has 6 nitrogen and oxygen atoms in total. The molecule has 0 radical (unpaired) electrons. The van der Waals surface area contributed by atoms with Crippen LogP contribution in [-0.2, 0) is 29.1 Å². The van der Waals surface area contributed by atoms with E-state index in [1.807, 2.05) is 6.92 Å². The van der Waals surface area contributed by atoms with Crippen LogP contribution in [0.2, 0.25) is 0 Å². The molecule has 130 valence electrons. The average Bonchev–Trinajstić information content (AvgIpc) is 2.95. The first-order valence-corrected chi connectivity index (χ1v) is 11.0. The van der Waals surface area contributed by atoms with Crippen LogP contribution in [0.25, 0.3) is 0 Å². The van der Waals surface area contributed by atoms with Crippen molar-refractivity contribution in [3.8, 4) is 0 Å². The predicted octanol–water partition coefficient (Wildman–Crippen LogP) is 1.56. The minimum Gasteiger partial charge on any atom is -0.468 e. The fourth-order valence-corrected chi connectivity index (χ4v) is 7.66. The van der Waals surface area contributed by atoms with Gasteiger partial charge in [0.2, 0.25) is 6.29 Å². The number of benzene rings is 1. The Morgan fingerprint density at radius 2 is 1.71 bits per heavy atom. The highest BCUT2D eigenvalue weighted by molar-refractivity contribution is 7.95. The highest BCUT2D eigenvalue weighted by Gasteiger charge is 2.79. The van der Waals surface area contributed by atoms with E-state index in [4.69, 9.17) is 9.47 Å². The maximum Gasteiger partial charge on any atom is 0.209 e. The standard InChI is InChI=1S/C16H18O6S2/c1-9-4-6-11(7-5-9)24(19,20)16-8-12(16)22-15-13(16)14(10(2)21-15)23(3,17)18/h4-7,12-13,15H,8H2,1-3H3/t12-,13+,15+,16-/m1/s1. The van der Waals surface area contributed by atoms with Crippen LogP contribution in [0.5, 0.6) is 0 Å². The first-order chi connectivity index (χ1) is 11.1. The number of hydrogen-bond donors (Lipinski definition) is 0. The van der Waals surface area contributed by atoms with Crippen molar-refractivity contribution < 1.29 is 26.3 Å². The molecule has 3 aliphatic rings. The van der Waals surface area contributed by atoms with Gasteiger partial charge in [0.1, 0.15) is 10.5 Å². The molecular formula is C16H18O6S2. The van der Waals surface area contributed by atoms with Gasteiger partial charge in [-0.2, -0.15) is 0 Å². The molecule has 0 unspecified atom stereocenters. The third-order valence-electron chi connectivity index (χ3n) is 5.14. The average molecular weight is 370 g/mol. The van der Waals surface area contributed by atoms with Crippen molar-refractivity contribution in [1.82, 2.24) is 0 Å². The normalized spacial score (nSPS) is 34.7. The SMILES string of the molecule is CC1=C(S(C)(=O)=O)[C@H]2[C@@H](O1)O[C@@H]1C[C@@]12S(=O)(=O)c1ccc(C)cc1. The zero-order chi connectivity index (χ0) is 17.5. The van der Waals surface area contributed by atoms with E-state index in [-0.39, 0.29) is 15.6 Å². The summed E-state index contributed by atoms with van der Waals surface area (Å²) in [5.74, 6) is -0.569. The molecule has 0 aromatic heterocycles. The van der Waals surface area contributed by atoms with Crippen LogP contribution in [0, 0.1) is 12.8 Å². The van der Waals surface area contributed by atoms with Crippen LogP contribution >= 0.6 is 0 Å². The van der Waals surface area contributed by atoms with Gasteiger partial charge in [-0.3, -0.25) is 0 Å². The van der Waals surface area contributed by atoms with E-state index in [9.17, 15) is 16.8 Å². The van der Waals surface area contributed by atoms with Crippen molar-refractivity contribution in [2.75, 3.05) is 6.26 Å². The lowest BCUT2D eigenvalue weighted by molar-refractivity contribution is -0.100. The Morgan fingerprint density at radius 1 is 1.08 bits per heavy atom. The van der Waals surface area contributed by atoms with Crippen molar-refractivity contribution in [2.45, 2.75) is 42.3 Å². The number of aryl methyl sites for hydroxylation is 1. The fraction of sp³-hybridized carbons (Fsp3) is 0.500. The summed E-state index contributed by atoms with van der Waals surface area (Å²) < 4.78 is 60.9. The van der Waals surface area contributed by atoms with E-state index in [1.54, 1.807) is 31.2 Å². The molecule has 0 bridgehead atoms. The Hall–Kier alpha value is -1.38. The zero-order valence-corrected chi connectivity index (χ0v) is 15.1. The summed E-state index contributed by atoms with van der Waals surface area (Å²) in [6, 6.07) is 6.60. The second kappa shape index (κ2) is 4.62. The third-order valence-corrected chi connectivity index (χ3v) is 9.06. The number of sulfone groups is 2. The molecule has 2 heterocycles. The second-order valence-corrected chi connectivity index (χ2v) is 11.0. The molecule has 1 aromatic carbocycles. The molecule has 1 saturated carbocycles. The molecule has 1 aliphatic carbocycles. The second-order valence-electron chi connectivity index (χ2n) is 6.76. The van der Waals surface area contributed by atoms with Gasteiger partial charge in [-0.15, -0.1) is 0 Å². The number of hydrogen-bond acceptors (Lipinski definition) is 6. The molecule has 8 heteroatoms. The maximum absolute atomic E-state index is 13.3. The summed E-state index contributed by atoms with van der Waals surface area (Å²) >= 11 is 0. The molecule has 1 saturated heterocycles. The fourth-order valence-electron chi connectivity index (χ4n) is 3.96. The summed E-state index contributed by atoms with van der Waals surface area (Å²) in [6.45, 7) is 3.42. The van der Waals surface area contributed by atoms with Crippen molar-refractivity contribution in [3.63, 3.8) is 0 Å². The van der Waals surface area contributed by atoms with E-state index < -0.39 is 42.7 Å². The first kappa shape index (κ1) is 16.1. The lowest BCUT2D eigenvalue weighted by atomic mass is 10.0. The summed E-state index contributed by atoms with van der Waals surface area (Å²) in [5.41, 5.74) is 0.955. The van der Waals surface area contributed by atoms with Crippen molar-refractivity contribution in [1.29, 1.82) is 0 Å². The molecule has 24 heavy (non-hydrogen) atoms.